The summed E-state index contributed by atoms with van der Waals surface area (Å²) in [5.74, 6) is 0.685. The highest BCUT2D eigenvalue weighted by atomic mass is 19.1. The summed E-state index contributed by atoms with van der Waals surface area (Å²) in [7, 11) is 1.80. The Kier molecular flexibility index (Phi) is 6.38. The quantitative estimate of drug-likeness (QED) is 0.576. The summed E-state index contributed by atoms with van der Waals surface area (Å²) in [5, 5.41) is 0. The first kappa shape index (κ1) is 24.5. The van der Waals surface area contributed by atoms with Crippen LogP contribution in [0.15, 0.2) is 41.0 Å². The number of benzene rings is 1. The molecule has 2 fully saturated rings. The monoisotopic (exact) mass is 468 g/mol. The topological polar surface area (TPSA) is 53.8 Å². The Morgan fingerprint density at radius 1 is 1.12 bits per heavy atom. The summed E-state index contributed by atoms with van der Waals surface area (Å²) in [6.07, 6.45) is 3.54. The van der Waals surface area contributed by atoms with E-state index in [9.17, 15) is 14.0 Å². The molecule has 1 saturated carbocycles. The molecule has 0 spiro atoms. The van der Waals surface area contributed by atoms with E-state index >= 15 is 0 Å². The van der Waals surface area contributed by atoms with Crippen LogP contribution in [-0.4, -0.2) is 47.8 Å². The zero-order valence-electron chi connectivity index (χ0n) is 21.2. The number of carbonyl (C=O) groups is 2. The fraction of sp³-hybridized carbons (Fsp3) is 0.571. The van der Waals surface area contributed by atoms with Crippen LogP contribution in [0.2, 0.25) is 0 Å². The number of amides is 2. The van der Waals surface area contributed by atoms with E-state index < -0.39 is 0 Å². The number of likely N-dealkylation sites (tertiary alicyclic amines) is 1. The van der Waals surface area contributed by atoms with Gasteiger partial charge in [-0.2, -0.15) is 0 Å². The molecule has 1 aliphatic carbocycles. The maximum atomic E-state index is 14.6. The third kappa shape index (κ3) is 4.16. The zero-order chi connectivity index (χ0) is 24.8. The fourth-order valence-electron chi connectivity index (χ4n) is 5.96. The number of hydrogen-bond donors (Lipinski definition) is 0. The SMILES string of the molecule is Cc1occc1C(=O)N(C)C(Cc1ccccc1F)C1CCN(C(=O)C2C(C)(C)C2(C)C)CC1. The summed E-state index contributed by atoms with van der Waals surface area (Å²) >= 11 is 0. The van der Waals surface area contributed by atoms with Gasteiger partial charge in [0.2, 0.25) is 5.91 Å². The number of nitrogens with zero attached hydrogens (tertiary/aromatic N) is 2. The number of hydrogen-bond acceptors (Lipinski definition) is 3. The lowest BCUT2D eigenvalue weighted by Crippen LogP contribution is -2.49. The van der Waals surface area contributed by atoms with Gasteiger partial charge in [0.05, 0.1) is 11.8 Å². The Balaban J connectivity index is 1.51. The highest BCUT2D eigenvalue weighted by Gasteiger charge is 2.68. The molecule has 2 aromatic rings. The highest BCUT2D eigenvalue weighted by Crippen LogP contribution is 2.68. The Morgan fingerprint density at radius 2 is 1.74 bits per heavy atom. The molecule has 1 aromatic heterocycles. The summed E-state index contributed by atoms with van der Waals surface area (Å²) in [6, 6.07) is 8.29. The first-order chi connectivity index (χ1) is 16.0. The van der Waals surface area contributed by atoms with Crippen molar-refractivity contribution in [3.05, 3.63) is 59.3 Å². The number of likely N-dealkylation sites (N-methyl/N-ethyl adjacent to an activating group) is 1. The van der Waals surface area contributed by atoms with Gasteiger partial charge >= 0.3 is 0 Å². The van der Waals surface area contributed by atoms with Crippen LogP contribution in [0.1, 0.15) is 62.2 Å². The molecule has 0 N–H and O–H groups in total. The molecule has 1 atom stereocenters. The lowest BCUT2D eigenvalue weighted by atomic mass is 9.84. The van der Waals surface area contributed by atoms with Gasteiger partial charge in [-0.15, -0.1) is 0 Å². The molecule has 0 bridgehead atoms. The average Bonchev–Trinajstić information content (AvgIpc) is 3.06. The van der Waals surface area contributed by atoms with Crippen molar-refractivity contribution in [2.45, 2.75) is 59.9 Å². The standard InChI is InChI=1S/C28H37FN2O3/c1-18-21(13-16-34-18)25(32)30(6)23(17-20-9-7-8-10-22(20)29)19-11-14-31(15-12-19)26(33)24-27(2,3)28(24,4)5/h7-10,13,16,19,23-24H,11-12,14-15,17H2,1-6H3. The Morgan fingerprint density at radius 3 is 2.26 bits per heavy atom. The molecule has 184 valence electrons. The van der Waals surface area contributed by atoms with Gasteiger partial charge in [0.15, 0.2) is 0 Å². The third-order valence-electron chi connectivity index (χ3n) is 8.96. The second kappa shape index (κ2) is 8.86. The van der Waals surface area contributed by atoms with Crippen LogP contribution in [0, 0.1) is 35.4 Å². The van der Waals surface area contributed by atoms with Crippen LogP contribution in [0.25, 0.3) is 0 Å². The van der Waals surface area contributed by atoms with Crippen molar-refractivity contribution in [2.24, 2.45) is 22.7 Å². The van der Waals surface area contributed by atoms with Crippen molar-refractivity contribution in [1.29, 1.82) is 0 Å². The van der Waals surface area contributed by atoms with E-state index in [0.717, 1.165) is 12.8 Å². The number of furan rings is 1. The fourth-order valence-corrected chi connectivity index (χ4v) is 5.96. The number of piperidine rings is 1. The van der Waals surface area contributed by atoms with Crippen LogP contribution >= 0.6 is 0 Å². The zero-order valence-corrected chi connectivity index (χ0v) is 21.2. The average molecular weight is 469 g/mol. The lowest BCUT2D eigenvalue weighted by molar-refractivity contribution is -0.135. The predicted molar refractivity (Wildman–Crippen MR) is 130 cm³/mol. The van der Waals surface area contributed by atoms with Crippen LogP contribution < -0.4 is 0 Å². The van der Waals surface area contributed by atoms with Gasteiger partial charge in [0.1, 0.15) is 11.6 Å². The van der Waals surface area contributed by atoms with Crippen LogP contribution in [0.3, 0.4) is 0 Å². The molecule has 0 radical (unpaired) electrons. The van der Waals surface area contributed by atoms with Crippen molar-refractivity contribution in [3.63, 3.8) is 0 Å². The van der Waals surface area contributed by atoms with Gasteiger partial charge < -0.3 is 14.2 Å². The minimum Gasteiger partial charge on any atom is -0.469 e. The molecule has 1 saturated heterocycles. The second-order valence-corrected chi connectivity index (χ2v) is 11.2. The van der Waals surface area contributed by atoms with E-state index in [1.165, 1.54) is 12.3 Å². The van der Waals surface area contributed by atoms with Gasteiger partial charge in [0, 0.05) is 32.1 Å². The largest absolute Gasteiger partial charge is 0.469 e. The van der Waals surface area contributed by atoms with Gasteiger partial charge in [-0.05, 0) is 60.6 Å². The molecule has 2 heterocycles. The summed E-state index contributed by atoms with van der Waals surface area (Å²) in [4.78, 5) is 30.3. The van der Waals surface area contributed by atoms with Gasteiger partial charge in [-0.25, -0.2) is 4.39 Å². The summed E-state index contributed by atoms with van der Waals surface area (Å²) in [5.41, 5.74) is 1.18. The second-order valence-electron chi connectivity index (χ2n) is 11.2. The smallest absolute Gasteiger partial charge is 0.257 e. The molecule has 6 heteroatoms. The van der Waals surface area contributed by atoms with Gasteiger partial charge in [-0.3, -0.25) is 9.59 Å². The van der Waals surface area contributed by atoms with E-state index in [1.807, 2.05) is 11.0 Å². The molecule has 1 aromatic carbocycles. The molecule has 5 nitrogen and oxygen atoms in total. The van der Waals surface area contributed by atoms with E-state index in [4.69, 9.17) is 4.42 Å². The van der Waals surface area contributed by atoms with Crippen molar-refractivity contribution < 1.29 is 18.4 Å². The summed E-state index contributed by atoms with van der Waals surface area (Å²) < 4.78 is 19.9. The van der Waals surface area contributed by atoms with E-state index in [0.29, 0.717) is 36.4 Å². The maximum Gasteiger partial charge on any atom is 0.257 e. The molecule has 1 aliphatic heterocycles. The minimum absolute atomic E-state index is 0.0173. The highest BCUT2D eigenvalue weighted by molar-refractivity contribution is 5.95. The Labute approximate surface area is 202 Å². The minimum atomic E-state index is -0.251. The van der Waals surface area contributed by atoms with Crippen molar-refractivity contribution in [1.82, 2.24) is 9.80 Å². The van der Waals surface area contributed by atoms with Gasteiger partial charge in [-0.1, -0.05) is 45.9 Å². The lowest BCUT2D eigenvalue weighted by Gasteiger charge is -2.40. The Bertz CT molecular complexity index is 1050. The van der Waals surface area contributed by atoms with Crippen molar-refractivity contribution >= 4 is 11.8 Å². The molecule has 2 amide bonds. The van der Waals surface area contributed by atoms with Gasteiger partial charge in [0.25, 0.3) is 5.91 Å². The van der Waals surface area contributed by atoms with Crippen LogP contribution in [0.5, 0.6) is 0 Å². The predicted octanol–water partition coefficient (Wildman–Crippen LogP) is 5.33. The van der Waals surface area contributed by atoms with E-state index in [2.05, 4.69) is 27.7 Å². The number of aryl methyl sites for hydroxylation is 1. The maximum absolute atomic E-state index is 14.6. The Hall–Kier alpha value is -2.63. The first-order valence-electron chi connectivity index (χ1n) is 12.3. The molecular weight excluding hydrogens is 431 g/mol. The molecule has 1 unspecified atom stereocenters. The molecule has 2 aliphatic rings. The van der Waals surface area contributed by atoms with E-state index in [1.54, 1.807) is 37.1 Å². The molecule has 34 heavy (non-hydrogen) atoms. The molecule has 4 rings (SSSR count). The van der Waals surface area contributed by atoms with Crippen molar-refractivity contribution in [2.75, 3.05) is 20.1 Å². The first-order valence-corrected chi connectivity index (χ1v) is 12.3. The number of rotatable bonds is 6. The van der Waals surface area contributed by atoms with Crippen LogP contribution in [0.4, 0.5) is 4.39 Å². The van der Waals surface area contributed by atoms with Crippen molar-refractivity contribution in [3.8, 4) is 0 Å². The van der Waals surface area contributed by atoms with Crippen LogP contribution in [-0.2, 0) is 11.2 Å². The number of carbonyl (C=O) groups excluding carboxylic acids is 2. The number of halogens is 1. The van der Waals surface area contributed by atoms with E-state index in [-0.39, 0.29) is 46.3 Å². The normalized spacial score (nSPS) is 20.7. The third-order valence-corrected chi connectivity index (χ3v) is 8.96. The molecular formula is C28H37FN2O3. The summed E-state index contributed by atoms with van der Waals surface area (Å²) in [6.45, 7) is 11.8.